The van der Waals surface area contributed by atoms with Crippen molar-refractivity contribution in [1.82, 2.24) is 0 Å². The maximum atomic E-state index is 5.49. The summed E-state index contributed by atoms with van der Waals surface area (Å²) in [5, 5.41) is 0. The molecule has 2 nitrogen and oxygen atoms in total. The van der Waals surface area contributed by atoms with Crippen LogP contribution in [0, 0.1) is 12.3 Å². The van der Waals surface area contributed by atoms with Crippen molar-refractivity contribution in [2.75, 3.05) is 7.05 Å². The van der Waals surface area contributed by atoms with Gasteiger partial charge in [-0.25, -0.2) is 0 Å². The molecule has 0 amide bonds. The van der Waals surface area contributed by atoms with Gasteiger partial charge >= 0.3 is 0 Å². The fourth-order valence-corrected chi connectivity index (χ4v) is 2.21. The smallest absolute Gasteiger partial charge is 0.0788 e. The van der Waals surface area contributed by atoms with Gasteiger partial charge < -0.3 is 0 Å². The molecular formula is C19H16N2. The van der Waals surface area contributed by atoms with Crippen molar-refractivity contribution in [2.45, 2.75) is 0 Å². The van der Waals surface area contributed by atoms with Gasteiger partial charge in [-0.05, 0) is 30.5 Å². The Balaban J connectivity index is 2.65. The predicted molar refractivity (Wildman–Crippen MR) is 92.6 cm³/mol. The van der Waals surface area contributed by atoms with E-state index in [1.807, 2.05) is 42.5 Å². The Kier molecular flexibility index (Phi) is 4.48. The van der Waals surface area contributed by atoms with Crippen molar-refractivity contribution < 1.29 is 0 Å². The second-order valence-corrected chi connectivity index (χ2v) is 4.40. The van der Waals surface area contributed by atoms with Crippen molar-refractivity contribution in [1.29, 1.82) is 0 Å². The van der Waals surface area contributed by atoms with Gasteiger partial charge in [0.05, 0.1) is 11.4 Å². The lowest BCUT2D eigenvalue weighted by Gasteiger charge is -2.12. The van der Waals surface area contributed by atoms with Gasteiger partial charge in [-0.1, -0.05) is 42.9 Å². The van der Waals surface area contributed by atoms with Crippen LogP contribution < -0.4 is 0 Å². The van der Waals surface area contributed by atoms with E-state index in [9.17, 15) is 0 Å². The Morgan fingerprint density at radius 3 is 2.67 bits per heavy atom. The summed E-state index contributed by atoms with van der Waals surface area (Å²) >= 11 is 0. The van der Waals surface area contributed by atoms with Gasteiger partial charge in [0.1, 0.15) is 0 Å². The highest BCUT2D eigenvalue weighted by Gasteiger charge is 2.12. The largest absolute Gasteiger partial charge is 0.288 e. The first kappa shape index (κ1) is 14.5. The predicted octanol–water partition coefficient (Wildman–Crippen LogP) is 3.92. The lowest BCUT2D eigenvalue weighted by Crippen LogP contribution is -2.03. The fraction of sp³-hybridized carbons (Fsp3) is 0.0526. The Hall–Kier alpha value is -2.92. The number of hydrogen-bond acceptors (Lipinski definition) is 2. The van der Waals surface area contributed by atoms with Crippen LogP contribution in [0.15, 0.2) is 64.6 Å². The van der Waals surface area contributed by atoms with Gasteiger partial charge in [0, 0.05) is 23.7 Å². The highest BCUT2D eigenvalue weighted by atomic mass is 14.7. The van der Waals surface area contributed by atoms with Crippen molar-refractivity contribution in [3.05, 3.63) is 71.3 Å². The highest BCUT2D eigenvalue weighted by Crippen LogP contribution is 2.26. The van der Waals surface area contributed by atoms with Crippen LogP contribution in [0.4, 0.5) is 0 Å². The molecule has 0 unspecified atom stereocenters. The van der Waals surface area contributed by atoms with Crippen LogP contribution >= 0.6 is 0 Å². The number of hydrogen-bond donors (Lipinski definition) is 0. The molecule has 21 heavy (non-hydrogen) atoms. The molecule has 102 valence electrons. The molecule has 1 aliphatic carbocycles. The van der Waals surface area contributed by atoms with E-state index in [-0.39, 0.29) is 0 Å². The minimum absolute atomic E-state index is 0.780. The first-order valence-electron chi connectivity index (χ1n) is 6.51. The molecule has 2 heteroatoms. The van der Waals surface area contributed by atoms with Crippen LogP contribution in [0.5, 0.6) is 0 Å². The van der Waals surface area contributed by atoms with Crippen molar-refractivity contribution >= 4 is 24.2 Å². The Morgan fingerprint density at radius 1 is 1.29 bits per heavy atom. The molecule has 0 atom stereocenters. The molecule has 1 aromatic rings. The Labute approximate surface area is 125 Å². The molecule has 0 aromatic heterocycles. The molecule has 0 N–H and O–H groups in total. The van der Waals surface area contributed by atoms with E-state index >= 15 is 0 Å². The summed E-state index contributed by atoms with van der Waals surface area (Å²) in [4.78, 5) is 8.47. The molecule has 0 bridgehead atoms. The Morgan fingerprint density at radius 2 is 2.05 bits per heavy atom. The maximum Gasteiger partial charge on any atom is 0.0788 e. The van der Waals surface area contributed by atoms with E-state index in [1.165, 1.54) is 0 Å². The number of terminal acetylenes is 1. The minimum atomic E-state index is 0.780. The van der Waals surface area contributed by atoms with Gasteiger partial charge in [0.15, 0.2) is 0 Å². The van der Waals surface area contributed by atoms with Gasteiger partial charge in [-0.3, -0.25) is 9.98 Å². The molecule has 0 spiro atoms. The van der Waals surface area contributed by atoms with Crippen LogP contribution in [-0.4, -0.2) is 19.5 Å². The van der Waals surface area contributed by atoms with E-state index in [2.05, 4.69) is 29.2 Å². The first-order valence-corrected chi connectivity index (χ1v) is 6.51. The van der Waals surface area contributed by atoms with Gasteiger partial charge in [-0.15, -0.1) is 6.42 Å². The summed E-state index contributed by atoms with van der Waals surface area (Å²) in [5.41, 5.74) is 5.25. The molecule has 2 rings (SSSR count). The van der Waals surface area contributed by atoms with Crippen molar-refractivity contribution in [2.24, 2.45) is 9.98 Å². The molecule has 0 heterocycles. The maximum absolute atomic E-state index is 5.49. The van der Waals surface area contributed by atoms with Crippen LogP contribution in [-0.2, 0) is 0 Å². The second kappa shape index (κ2) is 6.49. The topological polar surface area (TPSA) is 24.7 Å². The number of benzene rings is 1. The first-order chi connectivity index (χ1) is 10.2. The van der Waals surface area contributed by atoms with Crippen LogP contribution in [0.2, 0.25) is 0 Å². The summed E-state index contributed by atoms with van der Waals surface area (Å²) in [5.74, 6) is 2.65. The molecule has 0 saturated heterocycles. The molecule has 0 saturated carbocycles. The zero-order chi connectivity index (χ0) is 15.2. The Bertz CT molecular complexity index is 750. The van der Waals surface area contributed by atoms with E-state index < -0.39 is 0 Å². The van der Waals surface area contributed by atoms with E-state index in [0.29, 0.717) is 0 Å². The van der Waals surface area contributed by atoms with E-state index in [0.717, 1.165) is 33.7 Å². The van der Waals surface area contributed by atoms with Gasteiger partial charge in [0.25, 0.3) is 0 Å². The highest BCUT2D eigenvalue weighted by molar-refractivity contribution is 6.16. The molecule has 0 fully saturated rings. The average molecular weight is 272 g/mol. The zero-order valence-electron chi connectivity index (χ0n) is 12.0. The SMILES string of the molecule is C#Cc1ccc(/C(N=C)=C2\C=CC=CC2=NC)cc1C=C. The summed E-state index contributed by atoms with van der Waals surface area (Å²) in [6.07, 6.45) is 15.1. The minimum Gasteiger partial charge on any atom is -0.288 e. The normalized spacial score (nSPS) is 17.4. The van der Waals surface area contributed by atoms with Crippen molar-refractivity contribution in [3.8, 4) is 12.3 Å². The average Bonchev–Trinajstić information content (AvgIpc) is 2.55. The van der Waals surface area contributed by atoms with Crippen LogP contribution in [0.1, 0.15) is 16.7 Å². The van der Waals surface area contributed by atoms with Crippen molar-refractivity contribution in [3.63, 3.8) is 0 Å². The monoisotopic (exact) mass is 272 g/mol. The quantitative estimate of drug-likeness (QED) is 0.588. The number of aliphatic imine (C=N–C) groups is 2. The van der Waals surface area contributed by atoms with E-state index in [4.69, 9.17) is 6.42 Å². The fourth-order valence-electron chi connectivity index (χ4n) is 2.21. The lowest BCUT2D eigenvalue weighted by atomic mass is 9.96. The number of nitrogens with zero attached hydrogens (tertiary/aromatic N) is 2. The second-order valence-electron chi connectivity index (χ2n) is 4.40. The zero-order valence-corrected chi connectivity index (χ0v) is 12.0. The summed E-state index contributed by atoms with van der Waals surface area (Å²) in [7, 11) is 1.76. The summed E-state index contributed by atoms with van der Waals surface area (Å²) in [6, 6.07) is 5.81. The number of allylic oxidation sites excluding steroid dienone is 5. The number of rotatable bonds is 3. The van der Waals surface area contributed by atoms with Crippen LogP contribution in [0.25, 0.3) is 11.8 Å². The van der Waals surface area contributed by atoms with Gasteiger partial charge in [0.2, 0.25) is 0 Å². The van der Waals surface area contributed by atoms with E-state index in [1.54, 1.807) is 13.1 Å². The molecular weight excluding hydrogens is 256 g/mol. The molecule has 0 radical (unpaired) electrons. The standard InChI is InChI=1S/C19H16N2/c1-5-14-11-12-16(13-15(14)6-2)19(21-4)17-9-7-8-10-18(17)20-3/h1,6-13H,2,4H2,3H3/b19-17-,20-18?. The molecule has 0 aliphatic heterocycles. The molecule has 1 aromatic carbocycles. The van der Waals surface area contributed by atoms with Gasteiger partial charge in [-0.2, -0.15) is 0 Å². The third-order valence-corrected chi connectivity index (χ3v) is 3.26. The lowest BCUT2D eigenvalue weighted by molar-refractivity contribution is 1.41. The molecule has 1 aliphatic rings. The van der Waals surface area contributed by atoms with Crippen LogP contribution in [0.3, 0.4) is 0 Å². The third kappa shape index (κ3) is 2.82. The summed E-state index contributed by atoms with van der Waals surface area (Å²) < 4.78 is 0. The summed E-state index contributed by atoms with van der Waals surface area (Å²) in [6.45, 7) is 7.50. The third-order valence-electron chi connectivity index (χ3n) is 3.26.